The number of rotatable bonds is 5. The van der Waals surface area contributed by atoms with Crippen molar-refractivity contribution in [1.29, 1.82) is 0 Å². The summed E-state index contributed by atoms with van der Waals surface area (Å²) in [5, 5.41) is 3.04. The normalized spacial score (nSPS) is 10.4. The van der Waals surface area contributed by atoms with Crippen molar-refractivity contribution in [3.63, 3.8) is 0 Å². The van der Waals surface area contributed by atoms with Gasteiger partial charge in [-0.2, -0.15) is 0 Å². The van der Waals surface area contributed by atoms with Gasteiger partial charge in [-0.15, -0.1) is 11.3 Å². The van der Waals surface area contributed by atoms with Gasteiger partial charge in [0.1, 0.15) is 4.60 Å². The number of ether oxygens (including phenoxy) is 1. The first-order valence-corrected chi connectivity index (χ1v) is 5.80. The first kappa shape index (κ1) is 10.9. The lowest BCUT2D eigenvalue weighted by atomic mass is 10.5. The maximum absolute atomic E-state index is 5.03. The predicted molar refractivity (Wildman–Crippen MR) is 59.6 cm³/mol. The van der Waals surface area contributed by atoms with Crippen molar-refractivity contribution in [1.82, 2.24) is 4.98 Å². The average Bonchev–Trinajstić information content (AvgIpc) is 2.54. The van der Waals surface area contributed by atoms with Gasteiger partial charge in [-0.25, -0.2) is 4.98 Å². The molecule has 0 atom stereocenters. The van der Waals surface area contributed by atoms with Crippen LogP contribution in [0.4, 0.5) is 5.13 Å². The van der Waals surface area contributed by atoms with Gasteiger partial charge in [0.05, 0.1) is 6.61 Å². The molecule has 0 fully saturated rings. The molecule has 1 heterocycles. The molecule has 3 nitrogen and oxygen atoms in total. The van der Waals surface area contributed by atoms with Crippen LogP contribution in [0.5, 0.6) is 0 Å². The smallest absolute Gasteiger partial charge is 0.186 e. The topological polar surface area (TPSA) is 25.4 Å². The molecule has 0 aliphatic heterocycles. The fourth-order valence-corrected chi connectivity index (χ4v) is 2.32. The Hall–Kier alpha value is -0.130. The summed E-state index contributed by atoms with van der Waals surface area (Å²) < 4.78 is 5.93. The maximum atomic E-state index is 5.03. The molecule has 5 heteroatoms. The van der Waals surface area contributed by atoms with Crippen LogP contribution in [-0.2, 0) is 4.74 Å². The predicted octanol–water partition coefficient (Wildman–Crippen LogP) is 2.38. The molecular formula is C8H13BrN2OS. The van der Waals surface area contributed by atoms with Crippen LogP contribution in [0, 0.1) is 0 Å². The minimum absolute atomic E-state index is 0.741. The third-order valence-corrected chi connectivity index (χ3v) is 3.29. The zero-order valence-corrected chi connectivity index (χ0v) is 10.2. The molecule has 0 saturated carbocycles. The molecule has 0 saturated heterocycles. The second-order valence-corrected chi connectivity index (χ2v) is 4.17. The molecular weight excluding hydrogens is 252 g/mol. The molecule has 0 amide bonds. The van der Waals surface area contributed by atoms with E-state index in [0.717, 1.165) is 29.4 Å². The van der Waals surface area contributed by atoms with E-state index in [1.807, 2.05) is 5.38 Å². The van der Waals surface area contributed by atoms with Crippen LogP contribution in [0.2, 0.25) is 0 Å². The highest BCUT2D eigenvalue weighted by atomic mass is 79.9. The summed E-state index contributed by atoms with van der Waals surface area (Å²) in [6.07, 6.45) is 0. The summed E-state index contributed by atoms with van der Waals surface area (Å²) in [7, 11) is 1.71. The fourth-order valence-electron chi connectivity index (χ4n) is 0.981. The minimum Gasteiger partial charge on any atom is -0.383 e. The monoisotopic (exact) mass is 264 g/mol. The van der Waals surface area contributed by atoms with E-state index in [0.29, 0.717) is 0 Å². The van der Waals surface area contributed by atoms with Gasteiger partial charge < -0.3 is 9.64 Å². The molecule has 1 rings (SSSR count). The molecule has 0 aliphatic rings. The number of aromatic nitrogens is 1. The van der Waals surface area contributed by atoms with E-state index < -0.39 is 0 Å². The van der Waals surface area contributed by atoms with Crippen LogP contribution in [0.3, 0.4) is 0 Å². The van der Waals surface area contributed by atoms with Crippen molar-refractivity contribution >= 4 is 32.4 Å². The van der Waals surface area contributed by atoms with Crippen LogP contribution in [0.15, 0.2) is 9.98 Å². The third kappa shape index (κ3) is 3.25. The van der Waals surface area contributed by atoms with Gasteiger partial charge in [-0.1, -0.05) is 0 Å². The average molecular weight is 265 g/mol. The van der Waals surface area contributed by atoms with Crippen molar-refractivity contribution in [3.8, 4) is 0 Å². The Balaban J connectivity index is 2.56. The Kier molecular flexibility index (Phi) is 4.69. The number of halogens is 1. The van der Waals surface area contributed by atoms with Crippen molar-refractivity contribution < 1.29 is 4.74 Å². The lowest BCUT2D eigenvalue weighted by Gasteiger charge is -2.18. The number of hydrogen-bond donors (Lipinski definition) is 0. The first-order valence-electron chi connectivity index (χ1n) is 4.12. The van der Waals surface area contributed by atoms with E-state index in [1.54, 1.807) is 18.4 Å². The van der Waals surface area contributed by atoms with E-state index in [9.17, 15) is 0 Å². The molecule has 0 unspecified atom stereocenters. The summed E-state index contributed by atoms with van der Waals surface area (Å²) in [4.78, 5) is 6.53. The highest BCUT2D eigenvalue weighted by molar-refractivity contribution is 9.10. The second-order valence-electron chi connectivity index (χ2n) is 2.53. The highest BCUT2D eigenvalue weighted by Crippen LogP contribution is 2.22. The van der Waals surface area contributed by atoms with E-state index in [-0.39, 0.29) is 0 Å². The van der Waals surface area contributed by atoms with Crippen LogP contribution >= 0.6 is 27.3 Å². The molecule has 0 N–H and O–H groups in total. The van der Waals surface area contributed by atoms with E-state index >= 15 is 0 Å². The summed E-state index contributed by atoms with van der Waals surface area (Å²) in [6, 6.07) is 0. The summed E-state index contributed by atoms with van der Waals surface area (Å²) in [5.74, 6) is 0. The Morgan fingerprint density at radius 2 is 2.46 bits per heavy atom. The zero-order chi connectivity index (χ0) is 9.68. The molecule has 0 radical (unpaired) electrons. The SMILES string of the molecule is CCN(CCOC)c1nc(Br)cs1. The lowest BCUT2D eigenvalue weighted by molar-refractivity contribution is 0.205. The van der Waals surface area contributed by atoms with Crippen molar-refractivity contribution in [2.75, 3.05) is 31.7 Å². The Morgan fingerprint density at radius 1 is 1.69 bits per heavy atom. The Labute approximate surface area is 90.9 Å². The minimum atomic E-state index is 0.741. The van der Waals surface area contributed by atoms with Crippen LogP contribution in [0.1, 0.15) is 6.92 Å². The number of hydrogen-bond acceptors (Lipinski definition) is 4. The van der Waals surface area contributed by atoms with Crippen LogP contribution in [0.25, 0.3) is 0 Å². The molecule has 13 heavy (non-hydrogen) atoms. The van der Waals surface area contributed by atoms with Crippen LogP contribution < -0.4 is 4.90 Å². The molecule has 0 aromatic carbocycles. The second kappa shape index (κ2) is 5.57. The first-order chi connectivity index (χ1) is 6.27. The summed E-state index contributed by atoms with van der Waals surface area (Å²) >= 11 is 4.98. The quantitative estimate of drug-likeness (QED) is 0.817. The number of likely N-dealkylation sites (N-methyl/N-ethyl adjacent to an activating group) is 1. The maximum Gasteiger partial charge on any atom is 0.186 e. The summed E-state index contributed by atoms with van der Waals surface area (Å²) in [5.41, 5.74) is 0. The molecule has 74 valence electrons. The van der Waals surface area contributed by atoms with E-state index in [4.69, 9.17) is 4.74 Å². The zero-order valence-electron chi connectivity index (χ0n) is 7.79. The summed E-state index contributed by atoms with van der Waals surface area (Å²) in [6.45, 7) is 4.71. The number of anilines is 1. The largest absolute Gasteiger partial charge is 0.383 e. The van der Waals surface area contributed by atoms with E-state index in [1.165, 1.54) is 0 Å². The Bertz CT molecular complexity index is 254. The molecule has 1 aromatic rings. The van der Waals surface area contributed by atoms with Gasteiger partial charge in [-0.3, -0.25) is 0 Å². The van der Waals surface area contributed by atoms with Gasteiger partial charge in [0, 0.05) is 25.6 Å². The number of nitrogens with zero attached hydrogens (tertiary/aromatic N) is 2. The van der Waals surface area contributed by atoms with E-state index in [2.05, 4.69) is 32.7 Å². The number of thiazole rings is 1. The number of methoxy groups -OCH3 is 1. The van der Waals surface area contributed by atoms with Gasteiger partial charge in [0.25, 0.3) is 0 Å². The van der Waals surface area contributed by atoms with Gasteiger partial charge in [-0.05, 0) is 22.9 Å². The highest BCUT2D eigenvalue weighted by Gasteiger charge is 2.07. The van der Waals surface area contributed by atoms with Crippen molar-refractivity contribution in [3.05, 3.63) is 9.98 Å². The van der Waals surface area contributed by atoms with Crippen molar-refractivity contribution in [2.45, 2.75) is 6.92 Å². The molecule has 0 spiro atoms. The molecule has 0 aliphatic carbocycles. The Morgan fingerprint density at radius 3 is 2.92 bits per heavy atom. The standard InChI is InChI=1S/C8H13BrN2OS/c1-3-11(4-5-12-2)8-10-7(9)6-13-8/h6H,3-5H2,1-2H3. The lowest BCUT2D eigenvalue weighted by Crippen LogP contribution is -2.26. The molecule has 1 aromatic heterocycles. The van der Waals surface area contributed by atoms with Crippen molar-refractivity contribution in [2.24, 2.45) is 0 Å². The van der Waals surface area contributed by atoms with Gasteiger partial charge >= 0.3 is 0 Å². The molecule has 0 bridgehead atoms. The fraction of sp³-hybridized carbons (Fsp3) is 0.625. The van der Waals surface area contributed by atoms with Gasteiger partial charge in [0.15, 0.2) is 5.13 Å². The van der Waals surface area contributed by atoms with Gasteiger partial charge in [0.2, 0.25) is 0 Å². The van der Waals surface area contributed by atoms with Crippen LogP contribution in [-0.4, -0.2) is 31.8 Å². The third-order valence-electron chi connectivity index (χ3n) is 1.68.